The molecule has 0 unspecified atom stereocenters. The van der Waals surface area contributed by atoms with Crippen molar-refractivity contribution in [3.63, 3.8) is 0 Å². The molecule has 0 saturated carbocycles. The van der Waals surface area contributed by atoms with Crippen LogP contribution in [0, 0.1) is 13.8 Å². The Hall–Kier alpha value is -8.08. The van der Waals surface area contributed by atoms with E-state index in [-0.39, 0.29) is 10.8 Å². The van der Waals surface area contributed by atoms with Crippen molar-refractivity contribution in [2.75, 3.05) is 9.80 Å². The van der Waals surface area contributed by atoms with Gasteiger partial charge in [-0.2, -0.15) is 0 Å². The Morgan fingerprint density at radius 3 is 1.07 bits per heavy atom. The maximum atomic E-state index is 4.77. The summed E-state index contributed by atoms with van der Waals surface area (Å²) < 4.78 is 0. The predicted octanol–water partition coefficient (Wildman–Crippen LogP) is 17.0. The molecule has 2 aliphatic rings. The molecule has 0 spiro atoms. The molecule has 2 aliphatic carbocycles. The highest BCUT2D eigenvalue weighted by Gasteiger charge is 2.37. The summed E-state index contributed by atoms with van der Waals surface area (Å²) in [6, 6.07) is 65.9. The Morgan fingerprint density at radius 2 is 0.691 bits per heavy atom. The minimum absolute atomic E-state index is 0.173. The largest absolute Gasteiger partial charge is 0.295 e. The van der Waals surface area contributed by atoms with Gasteiger partial charge in [0.1, 0.15) is 11.6 Å². The maximum absolute atomic E-state index is 4.77. The summed E-state index contributed by atoms with van der Waals surface area (Å²) in [7, 11) is 0. The normalized spacial score (nSPS) is 13.9. The van der Waals surface area contributed by atoms with Crippen LogP contribution in [-0.2, 0) is 10.8 Å². The van der Waals surface area contributed by atoms with E-state index in [9.17, 15) is 0 Å². The smallest absolute Gasteiger partial charge is 0.137 e. The second kappa shape index (κ2) is 17.0. The van der Waals surface area contributed by atoms with E-state index in [1.807, 2.05) is 24.5 Å². The number of pyridine rings is 2. The average Bonchev–Trinajstić information content (AvgIpc) is 3.72. The first-order chi connectivity index (χ1) is 33.0. The minimum atomic E-state index is -0.173. The van der Waals surface area contributed by atoms with Gasteiger partial charge in [0, 0.05) is 46.0 Å². The number of anilines is 6. The number of aryl methyl sites for hydroxylation is 2. The summed E-state index contributed by atoms with van der Waals surface area (Å²) in [5, 5.41) is 0. The molecular weight excluding hydrogens is 825 g/mol. The summed E-state index contributed by atoms with van der Waals surface area (Å²) in [5.74, 6) is 1.80. The van der Waals surface area contributed by atoms with Crippen molar-refractivity contribution in [1.29, 1.82) is 0 Å². The monoisotopic (exact) mass is 878 g/mol. The quantitative estimate of drug-likeness (QED) is 0.128. The third-order valence-corrected chi connectivity index (χ3v) is 14.0. The molecule has 2 aromatic heterocycles. The highest BCUT2D eigenvalue weighted by molar-refractivity contribution is 5.88. The van der Waals surface area contributed by atoms with Crippen LogP contribution in [0.15, 0.2) is 194 Å². The van der Waals surface area contributed by atoms with E-state index >= 15 is 0 Å². The van der Waals surface area contributed by atoms with Crippen LogP contribution in [0.25, 0.3) is 46.6 Å². The maximum Gasteiger partial charge on any atom is 0.137 e. The molecular formula is C64H54N4. The number of fused-ring (bicyclic) bond motifs is 6. The fraction of sp³-hybridized carbons (Fsp3) is 0.125. The van der Waals surface area contributed by atoms with E-state index in [0.717, 1.165) is 34.4 Å². The summed E-state index contributed by atoms with van der Waals surface area (Å²) in [6.45, 7) is 13.7. The lowest BCUT2D eigenvalue weighted by molar-refractivity contribution is 0.660. The zero-order chi connectivity index (χ0) is 46.6. The molecule has 4 heteroatoms. The van der Waals surface area contributed by atoms with Gasteiger partial charge < -0.3 is 0 Å². The number of rotatable bonds is 10. The van der Waals surface area contributed by atoms with Crippen LogP contribution >= 0.6 is 0 Å². The van der Waals surface area contributed by atoms with Crippen molar-refractivity contribution >= 4 is 58.7 Å². The number of aromatic nitrogens is 2. The topological polar surface area (TPSA) is 32.3 Å². The highest BCUT2D eigenvalue weighted by Crippen LogP contribution is 2.52. The summed E-state index contributed by atoms with van der Waals surface area (Å²) in [5.41, 5.74) is 21.8. The predicted molar refractivity (Wildman–Crippen MR) is 287 cm³/mol. The third kappa shape index (κ3) is 7.72. The molecule has 9 aromatic rings. The van der Waals surface area contributed by atoms with Crippen LogP contribution < -0.4 is 9.80 Å². The van der Waals surface area contributed by atoms with Crippen LogP contribution in [0.5, 0.6) is 0 Å². The SMILES string of the molecule is Cc1cccc(N(c2ccc3c(c2)C(C)(C)c2cc(C=Cc4ccc(C=Cc5ccc6c(c5)C(C)(C)c5cc(N(c7cccc(C)c7)c7ccccn7)ccc5-6)cc4)ccc2-3)c2ccccn2)c1. The molecule has 0 radical (unpaired) electrons. The van der Waals surface area contributed by atoms with Gasteiger partial charge in [0.2, 0.25) is 0 Å². The van der Waals surface area contributed by atoms with E-state index in [1.165, 1.54) is 77.9 Å². The molecule has 0 aliphatic heterocycles. The molecule has 0 saturated heterocycles. The standard InChI is InChI=1S/C64H54N4/c1-43-13-11-15-49(37-43)67(61-17-7-9-35-65-61)51-29-33-55-53-31-27-47(39-57(53)63(3,4)59(55)41-51)25-23-45-19-21-46(22-20-45)24-26-48-28-32-54-56-34-30-52(42-60(56)64(5,6)58(54)40-48)68(62-18-8-10-36-66-62)50-16-12-14-44(2)38-50/h7-42H,1-6H3. The van der Waals surface area contributed by atoms with Crippen molar-refractivity contribution in [3.8, 4) is 22.3 Å². The summed E-state index contributed by atoms with van der Waals surface area (Å²) in [6.07, 6.45) is 12.6. The molecule has 7 aromatic carbocycles. The van der Waals surface area contributed by atoms with Gasteiger partial charge in [-0.05, 0) is 165 Å². The zero-order valence-electron chi connectivity index (χ0n) is 39.6. The van der Waals surface area contributed by atoms with E-state index in [1.54, 1.807) is 0 Å². The fourth-order valence-corrected chi connectivity index (χ4v) is 10.4. The van der Waals surface area contributed by atoms with Crippen molar-refractivity contribution in [2.45, 2.75) is 52.4 Å². The Morgan fingerprint density at radius 1 is 0.338 bits per heavy atom. The third-order valence-electron chi connectivity index (χ3n) is 14.0. The Kier molecular flexibility index (Phi) is 10.6. The van der Waals surface area contributed by atoms with Gasteiger partial charge in [0.15, 0.2) is 0 Å². The second-order valence-electron chi connectivity index (χ2n) is 19.4. The van der Waals surface area contributed by atoms with E-state index < -0.39 is 0 Å². The summed E-state index contributed by atoms with van der Waals surface area (Å²) >= 11 is 0. The van der Waals surface area contributed by atoms with Gasteiger partial charge in [-0.3, -0.25) is 9.80 Å². The van der Waals surface area contributed by atoms with Crippen molar-refractivity contribution in [2.24, 2.45) is 0 Å². The first-order valence-corrected chi connectivity index (χ1v) is 23.6. The first kappa shape index (κ1) is 42.5. The van der Waals surface area contributed by atoms with Crippen LogP contribution in [-0.4, -0.2) is 9.97 Å². The molecule has 0 amide bonds. The summed E-state index contributed by atoms with van der Waals surface area (Å²) in [4.78, 5) is 14.1. The molecule has 0 fully saturated rings. The molecule has 330 valence electrons. The van der Waals surface area contributed by atoms with Gasteiger partial charge in [-0.15, -0.1) is 0 Å². The van der Waals surface area contributed by atoms with Crippen LogP contribution in [0.2, 0.25) is 0 Å². The first-order valence-electron chi connectivity index (χ1n) is 23.6. The second-order valence-corrected chi connectivity index (χ2v) is 19.4. The number of hydrogen-bond donors (Lipinski definition) is 0. The van der Waals surface area contributed by atoms with E-state index in [2.05, 4.69) is 246 Å². The number of nitrogens with zero attached hydrogens (tertiary/aromatic N) is 4. The number of benzene rings is 7. The van der Waals surface area contributed by atoms with Crippen LogP contribution in [0.4, 0.5) is 34.4 Å². The van der Waals surface area contributed by atoms with Gasteiger partial charge in [0.25, 0.3) is 0 Å². The molecule has 68 heavy (non-hydrogen) atoms. The van der Waals surface area contributed by atoms with Crippen molar-refractivity contribution in [3.05, 3.63) is 250 Å². The fourth-order valence-electron chi connectivity index (χ4n) is 10.4. The Labute approximate surface area is 401 Å². The average molecular weight is 879 g/mol. The molecule has 0 atom stereocenters. The van der Waals surface area contributed by atoms with E-state index in [0.29, 0.717) is 0 Å². The number of hydrogen-bond acceptors (Lipinski definition) is 4. The lowest BCUT2D eigenvalue weighted by Crippen LogP contribution is -2.17. The molecule has 0 N–H and O–H groups in total. The van der Waals surface area contributed by atoms with Gasteiger partial charge in [-0.1, -0.05) is 161 Å². The van der Waals surface area contributed by atoms with Gasteiger partial charge in [-0.25, -0.2) is 9.97 Å². The van der Waals surface area contributed by atoms with Crippen molar-refractivity contribution in [1.82, 2.24) is 9.97 Å². The van der Waals surface area contributed by atoms with Crippen molar-refractivity contribution < 1.29 is 0 Å². The van der Waals surface area contributed by atoms with Gasteiger partial charge in [0.05, 0.1) is 0 Å². The Balaban J connectivity index is 0.798. The lowest BCUT2D eigenvalue weighted by atomic mass is 9.81. The molecule has 4 nitrogen and oxygen atoms in total. The van der Waals surface area contributed by atoms with E-state index in [4.69, 9.17) is 9.97 Å². The van der Waals surface area contributed by atoms with Gasteiger partial charge >= 0.3 is 0 Å². The molecule has 0 bridgehead atoms. The highest BCUT2D eigenvalue weighted by atomic mass is 15.2. The zero-order valence-corrected chi connectivity index (χ0v) is 39.6. The molecule has 2 heterocycles. The lowest BCUT2D eigenvalue weighted by Gasteiger charge is -2.27. The minimum Gasteiger partial charge on any atom is -0.295 e. The Bertz CT molecular complexity index is 3190. The van der Waals surface area contributed by atoms with Crippen LogP contribution in [0.3, 0.4) is 0 Å². The molecule has 11 rings (SSSR count). The van der Waals surface area contributed by atoms with Crippen LogP contribution in [0.1, 0.15) is 83.3 Å².